The Hall–Kier alpha value is -1.26. The van der Waals surface area contributed by atoms with Gasteiger partial charge in [-0.25, -0.2) is 0 Å². The number of rotatable bonds is 6. The van der Waals surface area contributed by atoms with E-state index in [2.05, 4.69) is 34.8 Å². The van der Waals surface area contributed by atoms with Crippen LogP contribution in [-0.2, 0) is 4.79 Å². The fourth-order valence-corrected chi connectivity index (χ4v) is 2.39. The maximum Gasteiger partial charge on any atom is 0.239 e. The lowest BCUT2D eigenvalue weighted by molar-refractivity contribution is -0.120. The second-order valence-corrected chi connectivity index (χ2v) is 5.94. The molecular weight excluding hydrogens is 252 g/mol. The molecule has 1 aliphatic rings. The van der Waals surface area contributed by atoms with Gasteiger partial charge < -0.3 is 16.0 Å². The zero-order chi connectivity index (χ0) is 14.8. The fraction of sp³-hybridized carbons (Fsp3) is 0.867. The minimum Gasteiger partial charge on any atom is -0.356 e. The summed E-state index contributed by atoms with van der Waals surface area (Å²) < 4.78 is 0. The first-order valence-electron chi connectivity index (χ1n) is 7.85. The highest BCUT2D eigenvalue weighted by molar-refractivity contribution is 5.86. The first-order valence-corrected chi connectivity index (χ1v) is 7.85. The quantitative estimate of drug-likeness (QED) is 0.512. The van der Waals surface area contributed by atoms with Crippen LogP contribution in [0.1, 0.15) is 52.4 Å². The minimum atomic E-state index is 0.0590. The number of guanidine groups is 1. The van der Waals surface area contributed by atoms with Crippen molar-refractivity contribution < 1.29 is 4.79 Å². The number of carbonyl (C=O) groups is 1. The van der Waals surface area contributed by atoms with Crippen molar-refractivity contribution in [1.29, 1.82) is 0 Å². The first-order chi connectivity index (χ1) is 9.61. The van der Waals surface area contributed by atoms with Crippen molar-refractivity contribution in [3.8, 4) is 0 Å². The summed E-state index contributed by atoms with van der Waals surface area (Å²) in [5.74, 6) is 1.42. The van der Waals surface area contributed by atoms with Gasteiger partial charge in [0.25, 0.3) is 0 Å². The van der Waals surface area contributed by atoms with Crippen molar-refractivity contribution in [2.75, 3.05) is 20.1 Å². The fourth-order valence-electron chi connectivity index (χ4n) is 2.39. The third-order valence-electron chi connectivity index (χ3n) is 3.62. The van der Waals surface area contributed by atoms with Crippen molar-refractivity contribution in [1.82, 2.24) is 16.0 Å². The van der Waals surface area contributed by atoms with Gasteiger partial charge in [0.1, 0.15) is 0 Å². The molecule has 0 saturated heterocycles. The summed E-state index contributed by atoms with van der Waals surface area (Å²) in [5.41, 5.74) is 0. The number of aliphatic imine (C=N–C) groups is 1. The molecule has 0 bridgehead atoms. The minimum absolute atomic E-state index is 0.0590. The summed E-state index contributed by atoms with van der Waals surface area (Å²) in [7, 11) is 1.73. The van der Waals surface area contributed by atoms with E-state index >= 15 is 0 Å². The number of nitrogens with zero attached hydrogens (tertiary/aromatic N) is 1. The van der Waals surface area contributed by atoms with Gasteiger partial charge in [0.05, 0.1) is 6.54 Å². The molecule has 0 aromatic heterocycles. The first kappa shape index (κ1) is 16.8. The van der Waals surface area contributed by atoms with Crippen molar-refractivity contribution in [3.63, 3.8) is 0 Å². The molecular formula is C15H30N4O. The van der Waals surface area contributed by atoms with Crippen LogP contribution in [-0.4, -0.2) is 38.0 Å². The van der Waals surface area contributed by atoms with Crippen LogP contribution in [0.2, 0.25) is 0 Å². The third-order valence-corrected chi connectivity index (χ3v) is 3.62. The molecule has 5 heteroatoms. The van der Waals surface area contributed by atoms with E-state index in [4.69, 9.17) is 0 Å². The van der Waals surface area contributed by atoms with E-state index in [1.54, 1.807) is 7.05 Å². The molecule has 1 saturated carbocycles. The van der Waals surface area contributed by atoms with E-state index in [0.29, 0.717) is 17.9 Å². The highest BCUT2D eigenvalue weighted by Gasteiger charge is 2.15. The number of amides is 1. The summed E-state index contributed by atoms with van der Waals surface area (Å²) in [5, 5.41) is 9.37. The molecule has 0 spiro atoms. The predicted octanol–water partition coefficient (Wildman–Crippen LogP) is 1.65. The number of hydrogen-bond acceptors (Lipinski definition) is 2. The van der Waals surface area contributed by atoms with Gasteiger partial charge in [0, 0.05) is 19.6 Å². The van der Waals surface area contributed by atoms with Gasteiger partial charge in [-0.1, -0.05) is 33.1 Å². The van der Waals surface area contributed by atoms with Gasteiger partial charge in [0.2, 0.25) is 5.91 Å². The van der Waals surface area contributed by atoms with E-state index in [9.17, 15) is 4.79 Å². The number of hydrogen-bond donors (Lipinski definition) is 3. The lowest BCUT2D eigenvalue weighted by atomic mass is 9.95. The Bertz CT molecular complexity index is 309. The van der Waals surface area contributed by atoms with Gasteiger partial charge >= 0.3 is 0 Å². The molecule has 5 nitrogen and oxygen atoms in total. The van der Waals surface area contributed by atoms with E-state index in [0.717, 1.165) is 25.8 Å². The molecule has 0 atom stereocenters. The maximum atomic E-state index is 11.9. The highest BCUT2D eigenvalue weighted by atomic mass is 16.2. The zero-order valence-electron chi connectivity index (χ0n) is 13.2. The van der Waals surface area contributed by atoms with Crippen molar-refractivity contribution >= 4 is 11.9 Å². The van der Waals surface area contributed by atoms with Crippen molar-refractivity contribution in [3.05, 3.63) is 0 Å². The topological polar surface area (TPSA) is 65.5 Å². The van der Waals surface area contributed by atoms with Gasteiger partial charge in [-0.2, -0.15) is 0 Å². The molecule has 20 heavy (non-hydrogen) atoms. The second-order valence-electron chi connectivity index (χ2n) is 5.94. The van der Waals surface area contributed by atoms with E-state index in [-0.39, 0.29) is 12.5 Å². The summed E-state index contributed by atoms with van der Waals surface area (Å²) in [4.78, 5) is 16.0. The Kier molecular flexibility index (Phi) is 8.07. The summed E-state index contributed by atoms with van der Waals surface area (Å²) >= 11 is 0. The Labute approximate surface area is 123 Å². The average molecular weight is 282 g/mol. The predicted molar refractivity (Wildman–Crippen MR) is 83.8 cm³/mol. The van der Waals surface area contributed by atoms with Gasteiger partial charge in [0.15, 0.2) is 5.96 Å². The molecule has 0 aromatic rings. The maximum absolute atomic E-state index is 11.9. The number of nitrogens with one attached hydrogen (secondary N) is 3. The molecule has 0 heterocycles. The Morgan fingerprint density at radius 1 is 1.20 bits per heavy atom. The second kappa shape index (κ2) is 9.61. The molecule has 0 radical (unpaired) electrons. The van der Waals surface area contributed by atoms with Crippen LogP contribution in [0.5, 0.6) is 0 Å². The monoisotopic (exact) mass is 282 g/mol. The van der Waals surface area contributed by atoms with Gasteiger partial charge in [-0.05, 0) is 25.2 Å². The van der Waals surface area contributed by atoms with Crippen molar-refractivity contribution in [2.45, 2.75) is 58.4 Å². The summed E-state index contributed by atoms with van der Waals surface area (Å²) in [6.07, 6.45) is 7.10. The number of carbonyl (C=O) groups excluding carboxylic acids is 1. The standard InChI is InChI=1S/C15H30N4O/c1-12(2)9-10-17-15(16-3)18-11-14(20)19-13-7-5-4-6-8-13/h12-13H,4-11H2,1-3H3,(H,19,20)(H2,16,17,18). The van der Waals surface area contributed by atoms with Crippen LogP contribution >= 0.6 is 0 Å². The van der Waals surface area contributed by atoms with Gasteiger partial charge in [-0.15, -0.1) is 0 Å². The normalized spacial score (nSPS) is 17.1. The summed E-state index contributed by atoms with van der Waals surface area (Å²) in [6, 6.07) is 0.369. The van der Waals surface area contributed by atoms with Crippen LogP contribution in [0.25, 0.3) is 0 Å². The van der Waals surface area contributed by atoms with Crippen molar-refractivity contribution in [2.24, 2.45) is 10.9 Å². The van der Waals surface area contributed by atoms with E-state index in [1.807, 2.05) is 0 Å². The SMILES string of the molecule is CN=C(NCCC(C)C)NCC(=O)NC1CCCCC1. The van der Waals surface area contributed by atoms with Crippen LogP contribution in [0.4, 0.5) is 0 Å². The zero-order valence-corrected chi connectivity index (χ0v) is 13.2. The smallest absolute Gasteiger partial charge is 0.239 e. The summed E-state index contributed by atoms with van der Waals surface area (Å²) in [6.45, 7) is 5.55. The molecule has 0 aromatic carbocycles. The molecule has 1 rings (SSSR count). The van der Waals surface area contributed by atoms with Crippen LogP contribution < -0.4 is 16.0 Å². The van der Waals surface area contributed by atoms with E-state index in [1.165, 1.54) is 19.3 Å². The molecule has 0 unspecified atom stereocenters. The Morgan fingerprint density at radius 3 is 2.50 bits per heavy atom. The van der Waals surface area contributed by atoms with Crippen LogP contribution in [0.15, 0.2) is 4.99 Å². The highest BCUT2D eigenvalue weighted by Crippen LogP contribution is 2.16. The molecule has 116 valence electrons. The molecule has 1 aliphatic carbocycles. The van der Waals surface area contributed by atoms with Crippen LogP contribution in [0.3, 0.4) is 0 Å². The van der Waals surface area contributed by atoms with E-state index < -0.39 is 0 Å². The molecule has 3 N–H and O–H groups in total. The van der Waals surface area contributed by atoms with Gasteiger partial charge in [-0.3, -0.25) is 9.79 Å². The third kappa shape index (κ3) is 7.36. The average Bonchev–Trinajstić information content (AvgIpc) is 2.43. The molecule has 1 amide bonds. The lowest BCUT2D eigenvalue weighted by Gasteiger charge is -2.23. The largest absolute Gasteiger partial charge is 0.356 e. The molecule has 0 aliphatic heterocycles. The Morgan fingerprint density at radius 2 is 1.90 bits per heavy atom. The molecule has 1 fully saturated rings. The Balaban J connectivity index is 2.17. The van der Waals surface area contributed by atoms with Crippen LogP contribution in [0, 0.1) is 5.92 Å². The lowest BCUT2D eigenvalue weighted by Crippen LogP contribution is -2.46.